The van der Waals surface area contributed by atoms with E-state index < -0.39 is 11.8 Å². The molecule has 0 aliphatic heterocycles. The first-order chi connectivity index (χ1) is 14.5. The lowest BCUT2D eigenvalue weighted by Gasteiger charge is -2.09. The summed E-state index contributed by atoms with van der Waals surface area (Å²) in [6.07, 6.45) is 0. The summed E-state index contributed by atoms with van der Waals surface area (Å²) in [4.78, 5) is 20.5. The van der Waals surface area contributed by atoms with E-state index in [0.29, 0.717) is 22.2 Å². The molecule has 2 aromatic heterocycles. The number of hydrogen-bond acceptors (Lipinski definition) is 7. The number of nitrogens with one attached hydrogen (secondary N) is 1. The van der Waals surface area contributed by atoms with E-state index in [4.69, 9.17) is 9.26 Å². The van der Waals surface area contributed by atoms with Gasteiger partial charge in [0.1, 0.15) is 28.5 Å². The minimum atomic E-state index is -0.715. The fourth-order valence-corrected chi connectivity index (χ4v) is 2.91. The lowest BCUT2D eigenvalue weighted by Crippen LogP contribution is -2.12. The first kappa shape index (κ1) is 19.4. The molecule has 2 aromatic carbocycles. The quantitative estimate of drug-likeness (QED) is 0.473. The Morgan fingerprint density at radius 2 is 1.90 bits per heavy atom. The molecule has 0 spiro atoms. The number of benzene rings is 2. The van der Waals surface area contributed by atoms with Gasteiger partial charge in [-0.3, -0.25) is 0 Å². The molecular weight excluding hydrogens is 394 g/mol. The summed E-state index contributed by atoms with van der Waals surface area (Å²) >= 11 is 0. The summed E-state index contributed by atoms with van der Waals surface area (Å²) in [5, 5.41) is 7.50. The van der Waals surface area contributed by atoms with Crippen LogP contribution >= 0.6 is 0 Å². The Kier molecular flexibility index (Phi) is 5.34. The largest absolute Gasteiger partial charge is 0.460 e. The molecule has 2 heterocycles. The maximum atomic E-state index is 13.5. The fraction of sp³-hybridized carbons (Fsp3) is 0.143. The number of rotatable bonds is 6. The smallest absolute Gasteiger partial charge is 0.376 e. The molecule has 152 valence electrons. The molecule has 0 aliphatic rings. The van der Waals surface area contributed by atoms with Gasteiger partial charge in [0.2, 0.25) is 5.82 Å². The van der Waals surface area contributed by atoms with Crippen molar-refractivity contribution in [3.05, 3.63) is 71.6 Å². The van der Waals surface area contributed by atoms with E-state index in [-0.39, 0.29) is 36.3 Å². The number of esters is 1. The van der Waals surface area contributed by atoms with E-state index in [0.717, 1.165) is 0 Å². The minimum Gasteiger partial charge on any atom is -0.460 e. The molecule has 0 atom stereocenters. The monoisotopic (exact) mass is 410 g/mol. The van der Waals surface area contributed by atoms with Crippen LogP contribution in [0.3, 0.4) is 0 Å². The Morgan fingerprint density at radius 3 is 2.63 bits per heavy atom. The first-order valence-electron chi connectivity index (χ1n) is 9.14. The zero-order valence-corrected chi connectivity index (χ0v) is 15.9. The normalized spacial score (nSPS) is 10.9. The number of nitrogens with zero attached hydrogens (tertiary/aromatic N) is 3. The second kappa shape index (κ2) is 8.24. The molecule has 0 unspecified atom stereocenters. The number of carbonyl (C=O) groups excluding carboxylic acids is 1. The topological polar surface area (TPSA) is 90.1 Å². The zero-order chi connectivity index (χ0) is 21.1. The van der Waals surface area contributed by atoms with E-state index in [9.17, 15) is 13.6 Å². The van der Waals surface area contributed by atoms with Gasteiger partial charge in [-0.1, -0.05) is 17.3 Å². The highest BCUT2D eigenvalue weighted by molar-refractivity contribution is 5.99. The second-order valence-corrected chi connectivity index (χ2v) is 6.32. The second-order valence-electron chi connectivity index (χ2n) is 6.32. The van der Waals surface area contributed by atoms with Crippen LogP contribution in [0.1, 0.15) is 23.1 Å². The molecule has 1 N–H and O–H groups in total. The number of carbonyl (C=O) groups is 1. The highest BCUT2D eigenvalue weighted by Gasteiger charge is 2.22. The number of ether oxygens (including phenoxy) is 1. The van der Waals surface area contributed by atoms with Gasteiger partial charge >= 0.3 is 5.97 Å². The fourth-order valence-electron chi connectivity index (χ4n) is 2.91. The van der Waals surface area contributed by atoms with Gasteiger partial charge in [0.15, 0.2) is 0 Å². The molecule has 0 fully saturated rings. The first-order valence-corrected chi connectivity index (χ1v) is 9.14. The SMILES string of the molecule is CCOC(=O)c1nc(NCc2cccc(F)c2)c2c(-c3ccc(F)cc3)noc2n1. The molecule has 0 aliphatic carbocycles. The Bertz CT molecular complexity index is 1210. The van der Waals surface area contributed by atoms with Crippen molar-refractivity contribution in [3.8, 4) is 11.3 Å². The molecular formula is C21H16F2N4O3. The number of halogens is 2. The third-order valence-electron chi connectivity index (χ3n) is 4.26. The summed E-state index contributed by atoms with van der Waals surface area (Å²) in [6.45, 7) is 2.05. The standard InChI is InChI=1S/C21H16F2N4O3/c1-2-29-21(28)19-25-18(24-11-12-4-3-5-15(23)10-12)16-17(27-30-20(16)26-19)13-6-8-14(22)9-7-13/h3-10H,2,11H2,1H3,(H,24,25,26). The van der Waals surface area contributed by atoms with Crippen molar-refractivity contribution < 1.29 is 22.8 Å². The van der Waals surface area contributed by atoms with E-state index in [1.54, 1.807) is 31.2 Å². The number of fused-ring (bicyclic) bond motifs is 1. The zero-order valence-electron chi connectivity index (χ0n) is 15.9. The molecule has 0 radical (unpaired) electrons. The summed E-state index contributed by atoms with van der Waals surface area (Å²) in [5.74, 6) is -1.42. The van der Waals surface area contributed by atoms with Gasteiger partial charge < -0.3 is 14.6 Å². The summed E-state index contributed by atoms with van der Waals surface area (Å²) in [7, 11) is 0. The maximum absolute atomic E-state index is 13.5. The number of anilines is 1. The van der Waals surface area contributed by atoms with Gasteiger partial charge in [-0.05, 0) is 48.9 Å². The lowest BCUT2D eigenvalue weighted by molar-refractivity contribution is 0.0512. The van der Waals surface area contributed by atoms with Crippen LogP contribution in [0.25, 0.3) is 22.4 Å². The molecule has 9 heteroatoms. The van der Waals surface area contributed by atoms with Crippen molar-refractivity contribution in [2.45, 2.75) is 13.5 Å². The Labute approximate surface area is 169 Å². The van der Waals surface area contributed by atoms with Gasteiger partial charge in [0, 0.05) is 12.1 Å². The van der Waals surface area contributed by atoms with E-state index in [2.05, 4.69) is 20.4 Å². The van der Waals surface area contributed by atoms with Crippen LogP contribution in [-0.2, 0) is 11.3 Å². The minimum absolute atomic E-state index is 0.0640. The van der Waals surface area contributed by atoms with Crippen LogP contribution < -0.4 is 5.32 Å². The van der Waals surface area contributed by atoms with Crippen molar-refractivity contribution in [3.63, 3.8) is 0 Å². The highest BCUT2D eigenvalue weighted by atomic mass is 19.1. The molecule has 4 aromatic rings. The van der Waals surface area contributed by atoms with Crippen molar-refractivity contribution in [1.29, 1.82) is 0 Å². The third-order valence-corrected chi connectivity index (χ3v) is 4.26. The van der Waals surface area contributed by atoms with Gasteiger partial charge in [-0.25, -0.2) is 18.6 Å². The molecule has 0 saturated carbocycles. The van der Waals surface area contributed by atoms with Crippen LogP contribution in [0.4, 0.5) is 14.6 Å². The Hall–Kier alpha value is -3.88. The summed E-state index contributed by atoms with van der Waals surface area (Å²) < 4.78 is 37.1. The Balaban J connectivity index is 1.79. The van der Waals surface area contributed by atoms with Crippen LogP contribution in [0, 0.1) is 11.6 Å². The van der Waals surface area contributed by atoms with Crippen LogP contribution in [0.2, 0.25) is 0 Å². The van der Waals surface area contributed by atoms with Gasteiger partial charge in [-0.2, -0.15) is 4.98 Å². The molecule has 7 nitrogen and oxygen atoms in total. The van der Waals surface area contributed by atoms with Crippen molar-refractivity contribution in [2.75, 3.05) is 11.9 Å². The van der Waals surface area contributed by atoms with E-state index >= 15 is 0 Å². The van der Waals surface area contributed by atoms with Crippen LogP contribution in [0.15, 0.2) is 53.1 Å². The molecule has 0 bridgehead atoms. The average Bonchev–Trinajstić information content (AvgIpc) is 3.17. The van der Waals surface area contributed by atoms with E-state index in [1.165, 1.54) is 24.3 Å². The summed E-state index contributed by atoms with van der Waals surface area (Å²) in [6, 6.07) is 11.7. The Morgan fingerprint density at radius 1 is 1.10 bits per heavy atom. The predicted molar refractivity (Wildman–Crippen MR) is 105 cm³/mol. The molecule has 0 amide bonds. The van der Waals surface area contributed by atoms with Crippen molar-refractivity contribution in [2.24, 2.45) is 0 Å². The van der Waals surface area contributed by atoms with Crippen LogP contribution in [-0.4, -0.2) is 27.7 Å². The lowest BCUT2D eigenvalue weighted by atomic mass is 10.1. The molecule has 4 rings (SSSR count). The van der Waals surface area contributed by atoms with Gasteiger partial charge in [0.05, 0.1) is 6.61 Å². The molecule has 0 saturated heterocycles. The molecule has 30 heavy (non-hydrogen) atoms. The van der Waals surface area contributed by atoms with Gasteiger partial charge in [-0.15, -0.1) is 0 Å². The predicted octanol–water partition coefficient (Wildman–Crippen LogP) is 4.35. The third kappa shape index (κ3) is 3.95. The average molecular weight is 410 g/mol. The number of aromatic nitrogens is 3. The summed E-state index contributed by atoms with van der Waals surface area (Å²) in [5.41, 5.74) is 1.69. The van der Waals surface area contributed by atoms with Crippen LogP contribution in [0.5, 0.6) is 0 Å². The maximum Gasteiger partial charge on any atom is 0.376 e. The number of hydrogen-bond donors (Lipinski definition) is 1. The van der Waals surface area contributed by atoms with Crippen molar-refractivity contribution in [1.82, 2.24) is 15.1 Å². The van der Waals surface area contributed by atoms with Gasteiger partial charge in [0.25, 0.3) is 5.71 Å². The van der Waals surface area contributed by atoms with Crippen molar-refractivity contribution >= 4 is 22.9 Å². The highest BCUT2D eigenvalue weighted by Crippen LogP contribution is 2.32. The van der Waals surface area contributed by atoms with E-state index in [1.807, 2.05) is 0 Å².